The highest BCUT2D eigenvalue weighted by Crippen LogP contribution is 2.25. The normalized spacial score (nSPS) is 19.6. The minimum atomic E-state index is -0.242. The molecule has 1 aliphatic rings. The van der Waals surface area contributed by atoms with Crippen molar-refractivity contribution in [2.45, 2.75) is 19.4 Å². The first kappa shape index (κ1) is 9.21. The first-order valence-electron chi connectivity index (χ1n) is 4.30. The maximum atomic E-state index is 11.4. The topological polar surface area (TPSA) is 66.9 Å². The van der Waals surface area contributed by atoms with E-state index in [1.807, 2.05) is 6.92 Å². The van der Waals surface area contributed by atoms with Crippen LogP contribution < -0.4 is 10.6 Å². The molecule has 1 atom stereocenters. The molecule has 74 valence electrons. The summed E-state index contributed by atoms with van der Waals surface area (Å²) >= 11 is 5.63. The predicted octanol–water partition coefficient (Wildman–Crippen LogP) is 1.27. The molecule has 0 spiro atoms. The molecule has 14 heavy (non-hydrogen) atoms. The zero-order valence-corrected chi connectivity index (χ0v) is 8.30. The molecule has 1 unspecified atom stereocenters. The molecule has 6 heteroatoms. The second kappa shape index (κ2) is 3.42. The molecule has 2 N–H and O–H groups in total. The largest absolute Gasteiger partial charge is 0.357 e. The summed E-state index contributed by atoms with van der Waals surface area (Å²) < 4.78 is 0. The lowest BCUT2D eigenvalue weighted by Gasteiger charge is -2.24. The van der Waals surface area contributed by atoms with Gasteiger partial charge in [0.05, 0.1) is 6.20 Å². The highest BCUT2D eigenvalue weighted by molar-refractivity contribution is 6.28. The second-order valence-corrected chi connectivity index (χ2v) is 3.33. The molecule has 1 aliphatic heterocycles. The molecule has 0 aromatic carbocycles. The van der Waals surface area contributed by atoms with Gasteiger partial charge in [-0.1, -0.05) is 6.92 Å². The second-order valence-electron chi connectivity index (χ2n) is 3.00. The van der Waals surface area contributed by atoms with Crippen LogP contribution in [-0.2, 0) is 4.79 Å². The van der Waals surface area contributed by atoms with Gasteiger partial charge < -0.3 is 10.6 Å². The predicted molar refractivity (Wildman–Crippen MR) is 53.4 cm³/mol. The van der Waals surface area contributed by atoms with Crippen molar-refractivity contribution in [3.8, 4) is 0 Å². The van der Waals surface area contributed by atoms with E-state index in [0.717, 1.165) is 0 Å². The van der Waals surface area contributed by atoms with Gasteiger partial charge in [-0.05, 0) is 18.0 Å². The molecular formula is C8H9ClN4O. The van der Waals surface area contributed by atoms with Crippen molar-refractivity contribution in [1.82, 2.24) is 9.97 Å². The van der Waals surface area contributed by atoms with Crippen LogP contribution in [0, 0.1) is 0 Å². The Morgan fingerprint density at radius 3 is 3.14 bits per heavy atom. The number of carbonyl (C=O) groups is 1. The standard InChI is InChI=1S/C8H9ClN4O/c1-2-4-7(14)12-5-3-10-8(9)13-6(5)11-4/h3-4H,2H2,1H3,(H,12,14)(H,10,11,13). The van der Waals surface area contributed by atoms with Crippen molar-refractivity contribution < 1.29 is 4.79 Å². The van der Waals surface area contributed by atoms with Crippen LogP contribution in [0.4, 0.5) is 11.5 Å². The molecule has 2 rings (SSSR count). The maximum Gasteiger partial charge on any atom is 0.247 e. The number of aromatic nitrogens is 2. The summed E-state index contributed by atoms with van der Waals surface area (Å²) in [5.41, 5.74) is 0.573. The maximum absolute atomic E-state index is 11.4. The number of fused-ring (bicyclic) bond motifs is 1. The van der Waals surface area contributed by atoms with E-state index in [9.17, 15) is 4.79 Å². The van der Waals surface area contributed by atoms with E-state index in [-0.39, 0.29) is 17.2 Å². The molecular weight excluding hydrogens is 204 g/mol. The molecule has 0 saturated heterocycles. The smallest absolute Gasteiger partial charge is 0.247 e. The van der Waals surface area contributed by atoms with Crippen LogP contribution >= 0.6 is 11.6 Å². The van der Waals surface area contributed by atoms with Gasteiger partial charge in [0.15, 0.2) is 5.82 Å². The molecule has 5 nitrogen and oxygen atoms in total. The lowest BCUT2D eigenvalue weighted by Crippen LogP contribution is -2.38. The van der Waals surface area contributed by atoms with Crippen LogP contribution in [-0.4, -0.2) is 21.9 Å². The number of nitrogens with one attached hydrogen (secondary N) is 2. The van der Waals surface area contributed by atoms with Gasteiger partial charge in [-0.3, -0.25) is 4.79 Å². The Balaban J connectivity index is 2.36. The summed E-state index contributed by atoms with van der Waals surface area (Å²) in [5, 5.41) is 5.86. The number of carbonyl (C=O) groups excluding carboxylic acids is 1. The highest BCUT2D eigenvalue weighted by Gasteiger charge is 2.24. The zero-order valence-electron chi connectivity index (χ0n) is 7.54. The monoisotopic (exact) mass is 212 g/mol. The molecule has 0 fully saturated rings. The van der Waals surface area contributed by atoms with Gasteiger partial charge in [-0.25, -0.2) is 4.98 Å². The van der Waals surface area contributed by atoms with E-state index in [0.29, 0.717) is 17.9 Å². The number of nitrogens with zero attached hydrogens (tertiary/aromatic N) is 2. The number of hydrogen-bond donors (Lipinski definition) is 2. The Morgan fingerprint density at radius 1 is 1.64 bits per heavy atom. The van der Waals surface area contributed by atoms with Gasteiger partial charge in [-0.15, -0.1) is 0 Å². The Morgan fingerprint density at radius 2 is 2.43 bits per heavy atom. The van der Waals surface area contributed by atoms with E-state index < -0.39 is 0 Å². The first-order valence-corrected chi connectivity index (χ1v) is 4.68. The van der Waals surface area contributed by atoms with Crippen LogP contribution in [0.5, 0.6) is 0 Å². The molecule has 0 aliphatic carbocycles. The molecule has 1 aromatic rings. The van der Waals surface area contributed by atoms with Gasteiger partial charge in [-0.2, -0.15) is 4.98 Å². The summed E-state index contributed by atoms with van der Waals surface area (Å²) in [5.74, 6) is 0.516. The van der Waals surface area contributed by atoms with Gasteiger partial charge in [0.1, 0.15) is 11.7 Å². The minimum absolute atomic E-state index is 0.0640. The summed E-state index contributed by atoms with van der Waals surface area (Å²) in [6.45, 7) is 1.92. The van der Waals surface area contributed by atoms with Crippen molar-refractivity contribution in [2.24, 2.45) is 0 Å². The molecule has 0 radical (unpaired) electrons. The minimum Gasteiger partial charge on any atom is -0.357 e. The quantitative estimate of drug-likeness (QED) is 0.688. The number of hydrogen-bond acceptors (Lipinski definition) is 4. The number of anilines is 2. The lowest BCUT2D eigenvalue weighted by atomic mass is 10.1. The Kier molecular flexibility index (Phi) is 2.25. The Hall–Kier alpha value is -1.36. The summed E-state index contributed by atoms with van der Waals surface area (Å²) in [6.07, 6.45) is 2.19. The summed E-state index contributed by atoms with van der Waals surface area (Å²) in [7, 11) is 0. The zero-order chi connectivity index (χ0) is 10.1. The molecule has 1 aromatic heterocycles. The van der Waals surface area contributed by atoms with Crippen molar-refractivity contribution in [1.29, 1.82) is 0 Å². The first-order chi connectivity index (χ1) is 6.70. The van der Waals surface area contributed by atoms with Crippen LogP contribution in [0.15, 0.2) is 6.20 Å². The van der Waals surface area contributed by atoms with Crippen LogP contribution in [0.2, 0.25) is 5.28 Å². The summed E-state index contributed by atoms with van der Waals surface area (Å²) in [4.78, 5) is 19.2. The third kappa shape index (κ3) is 1.50. The number of rotatable bonds is 1. The SMILES string of the molecule is CCC1Nc2nc(Cl)ncc2NC1=O. The molecule has 0 saturated carbocycles. The number of amides is 1. The van der Waals surface area contributed by atoms with E-state index in [2.05, 4.69) is 20.6 Å². The average molecular weight is 213 g/mol. The Labute approximate surface area is 85.9 Å². The van der Waals surface area contributed by atoms with Crippen molar-refractivity contribution >= 4 is 29.0 Å². The summed E-state index contributed by atoms with van der Waals surface area (Å²) in [6, 6.07) is -0.242. The van der Waals surface area contributed by atoms with Crippen LogP contribution in [0.25, 0.3) is 0 Å². The van der Waals surface area contributed by atoms with Crippen molar-refractivity contribution in [2.75, 3.05) is 10.6 Å². The fraction of sp³-hybridized carbons (Fsp3) is 0.375. The van der Waals surface area contributed by atoms with E-state index in [1.54, 1.807) is 0 Å². The van der Waals surface area contributed by atoms with Gasteiger partial charge >= 0.3 is 0 Å². The van der Waals surface area contributed by atoms with Crippen LogP contribution in [0.3, 0.4) is 0 Å². The van der Waals surface area contributed by atoms with Crippen molar-refractivity contribution in [3.05, 3.63) is 11.5 Å². The van der Waals surface area contributed by atoms with Gasteiger partial charge in [0.25, 0.3) is 0 Å². The highest BCUT2D eigenvalue weighted by atomic mass is 35.5. The van der Waals surface area contributed by atoms with Crippen molar-refractivity contribution in [3.63, 3.8) is 0 Å². The Bertz CT molecular complexity index is 382. The lowest BCUT2D eigenvalue weighted by molar-refractivity contribution is -0.117. The van der Waals surface area contributed by atoms with Crippen LogP contribution in [0.1, 0.15) is 13.3 Å². The molecule has 1 amide bonds. The van der Waals surface area contributed by atoms with Gasteiger partial charge in [0.2, 0.25) is 11.2 Å². The third-order valence-electron chi connectivity index (χ3n) is 2.05. The fourth-order valence-electron chi connectivity index (χ4n) is 1.30. The van der Waals surface area contributed by atoms with E-state index >= 15 is 0 Å². The van der Waals surface area contributed by atoms with Gasteiger partial charge in [0, 0.05) is 0 Å². The average Bonchev–Trinajstić information content (AvgIpc) is 2.17. The van der Waals surface area contributed by atoms with E-state index in [1.165, 1.54) is 6.20 Å². The van der Waals surface area contributed by atoms with E-state index in [4.69, 9.17) is 11.6 Å². The molecule has 0 bridgehead atoms. The molecule has 2 heterocycles. The number of halogens is 1. The fourth-order valence-corrected chi connectivity index (χ4v) is 1.43. The third-order valence-corrected chi connectivity index (χ3v) is 2.24.